The highest BCUT2D eigenvalue weighted by Gasteiger charge is 2.29. The van der Waals surface area contributed by atoms with Gasteiger partial charge in [-0.1, -0.05) is 12.1 Å². The van der Waals surface area contributed by atoms with Crippen molar-refractivity contribution < 1.29 is 13.9 Å². The zero-order chi connectivity index (χ0) is 22.8. The minimum Gasteiger partial charge on any atom is -0.497 e. The molecule has 0 radical (unpaired) electrons. The highest BCUT2D eigenvalue weighted by molar-refractivity contribution is 5.92. The lowest BCUT2D eigenvalue weighted by Gasteiger charge is -2.31. The summed E-state index contributed by atoms with van der Waals surface area (Å²) in [7, 11) is 4.52. The van der Waals surface area contributed by atoms with Gasteiger partial charge in [0.25, 0.3) is 11.5 Å². The van der Waals surface area contributed by atoms with Crippen molar-refractivity contribution in [3.05, 3.63) is 80.3 Å². The Bertz CT molecular complexity index is 1260. The molecule has 3 heterocycles. The monoisotopic (exact) mass is 438 g/mol. The fourth-order valence-corrected chi connectivity index (χ4v) is 4.04. The van der Waals surface area contributed by atoms with Gasteiger partial charge in [-0.3, -0.25) is 18.7 Å². The van der Waals surface area contributed by atoms with Gasteiger partial charge in [0.2, 0.25) is 0 Å². The molecule has 9 nitrogen and oxygen atoms in total. The lowest BCUT2D eigenvalue weighted by Crippen LogP contribution is -2.44. The third-order valence-corrected chi connectivity index (χ3v) is 5.89. The maximum Gasteiger partial charge on any atom is 0.331 e. The van der Waals surface area contributed by atoms with Gasteiger partial charge in [-0.15, -0.1) is 0 Å². The Labute approximate surface area is 184 Å². The Morgan fingerprint density at radius 2 is 2.03 bits per heavy atom. The fraction of sp³-hybridized carbons (Fsp3) is 0.391. The van der Waals surface area contributed by atoms with Crippen molar-refractivity contribution in [3.8, 4) is 5.75 Å². The van der Waals surface area contributed by atoms with Gasteiger partial charge in [0, 0.05) is 39.7 Å². The number of nitrogens with zero attached hydrogens (tertiary/aromatic N) is 4. The Balaban J connectivity index is 1.49. The minimum absolute atomic E-state index is 0.0460. The molecule has 0 bridgehead atoms. The van der Waals surface area contributed by atoms with Crippen LogP contribution in [0.25, 0.3) is 0 Å². The van der Waals surface area contributed by atoms with Crippen molar-refractivity contribution in [2.45, 2.75) is 25.2 Å². The SMILES string of the molecule is COc1cccc(Cc2cnc([C@@H]3CCCN(C(=O)c4cc(=O)n(C)c(=O)n4C)C3)o2)c1. The van der Waals surface area contributed by atoms with E-state index < -0.39 is 11.2 Å². The van der Waals surface area contributed by atoms with Crippen molar-refractivity contribution in [2.24, 2.45) is 14.1 Å². The Morgan fingerprint density at radius 3 is 2.81 bits per heavy atom. The predicted octanol–water partition coefficient (Wildman–Crippen LogP) is 1.69. The first-order valence-electron chi connectivity index (χ1n) is 10.5. The van der Waals surface area contributed by atoms with Gasteiger partial charge in [0.05, 0.1) is 19.2 Å². The molecule has 1 saturated heterocycles. The molecule has 1 amide bonds. The number of carbonyl (C=O) groups is 1. The maximum absolute atomic E-state index is 13.1. The molecule has 9 heteroatoms. The van der Waals surface area contributed by atoms with Crippen LogP contribution in [-0.4, -0.2) is 45.1 Å². The standard InChI is InChI=1S/C23H26N4O5/c1-25-19(12-20(28)26(2)23(25)30)22(29)27-9-5-7-16(14-27)21-24-13-18(32-21)11-15-6-4-8-17(10-15)31-3/h4,6,8,10,12-13,16H,5,7,9,11,14H2,1-3H3/t16-/m1/s1. The molecule has 0 unspecified atom stereocenters. The molecule has 0 saturated carbocycles. The third-order valence-electron chi connectivity index (χ3n) is 5.89. The Morgan fingerprint density at radius 1 is 1.22 bits per heavy atom. The third kappa shape index (κ3) is 4.23. The van der Waals surface area contributed by atoms with Crippen molar-refractivity contribution >= 4 is 5.91 Å². The van der Waals surface area contributed by atoms with E-state index in [0.717, 1.165) is 34.5 Å². The van der Waals surface area contributed by atoms with Crippen LogP contribution in [0, 0.1) is 0 Å². The normalized spacial score (nSPS) is 16.2. The highest BCUT2D eigenvalue weighted by atomic mass is 16.5. The van der Waals surface area contributed by atoms with Crippen LogP contribution in [0.2, 0.25) is 0 Å². The van der Waals surface area contributed by atoms with Crippen LogP contribution in [0.3, 0.4) is 0 Å². The van der Waals surface area contributed by atoms with E-state index in [1.807, 2.05) is 24.3 Å². The molecule has 1 aliphatic rings. The lowest BCUT2D eigenvalue weighted by atomic mass is 9.97. The van der Waals surface area contributed by atoms with Gasteiger partial charge in [-0.05, 0) is 30.5 Å². The van der Waals surface area contributed by atoms with Gasteiger partial charge >= 0.3 is 5.69 Å². The minimum atomic E-state index is -0.524. The predicted molar refractivity (Wildman–Crippen MR) is 117 cm³/mol. The van der Waals surface area contributed by atoms with Gasteiger partial charge in [-0.2, -0.15) is 0 Å². The van der Waals surface area contributed by atoms with E-state index in [-0.39, 0.29) is 17.5 Å². The maximum atomic E-state index is 13.1. The van der Waals surface area contributed by atoms with Crippen LogP contribution in [-0.2, 0) is 20.5 Å². The number of hydrogen-bond acceptors (Lipinski definition) is 6. The molecule has 0 aliphatic carbocycles. The zero-order valence-corrected chi connectivity index (χ0v) is 18.4. The largest absolute Gasteiger partial charge is 0.497 e. The van der Waals surface area contributed by atoms with Gasteiger partial charge < -0.3 is 14.1 Å². The summed E-state index contributed by atoms with van der Waals surface area (Å²) in [6, 6.07) is 8.99. The summed E-state index contributed by atoms with van der Waals surface area (Å²) in [6.07, 6.45) is 3.94. The summed E-state index contributed by atoms with van der Waals surface area (Å²) >= 11 is 0. The van der Waals surface area contributed by atoms with Gasteiger partial charge in [-0.25, -0.2) is 9.78 Å². The Hall–Kier alpha value is -3.62. The van der Waals surface area contributed by atoms with E-state index in [2.05, 4.69) is 4.98 Å². The molecule has 3 aromatic rings. The fourth-order valence-electron chi connectivity index (χ4n) is 4.04. The summed E-state index contributed by atoms with van der Waals surface area (Å²) in [5.41, 5.74) is 0.119. The zero-order valence-electron chi connectivity index (χ0n) is 18.4. The number of oxazole rings is 1. The van der Waals surface area contributed by atoms with Crippen LogP contribution < -0.4 is 16.0 Å². The van der Waals surface area contributed by atoms with Crippen LogP contribution in [0.15, 0.2) is 50.5 Å². The highest BCUT2D eigenvalue weighted by Crippen LogP contribution is 2.28. The second kappa shape index (κ2) is 8.86. The Kier molecular flexibility index (Phi) is 5.98. The number of amides is 1. The quantitative estimate of drug-likeness (QED) is 0.601. The van der Waals surface area contributed by atoms with Crippen molar-refractivity contribution in [3.63, 3.8) is 0 Å². The summed E-state index contributed by atoms with van der Waals surface area (Å²) < 4.78 is 13.5. The lowest BCUT2D eigenvalue weighted by molar-refractivity contribution is 0.0685. The molecular formula is C23H26N4O5. The van der Waals surface area contributed by atoms with Crippen LogP contribution in [0.4, 0.5) is 0 Å². The first-order valence-corrected chi connectivity index (χ1v) is 10.5. The average Bonchev–Trinajstić information content (AvgIpc) is 3.28. The number of methoxy groups -OCH3 is 1. The van der Waals surface area contributed by atoms with Crippen LogP contribution >= 0.6 is 0 Å². The molecule has 168 valence electrons. The van der Waals surface area contributed by atoms with Crippen molar-refractivity contribution in [2.75, 3.05) is 20.2 Å². The second-order valence-corrected chi connectivity index (χ2v) is 8.05. The summed E-state index contributed by atoms with van der Waals surface area (Å²) in [4.78, 5) is 43.4. The van der Waals surface area contributed by atoms with E-state index in [1.54, 1.807) is 18.2 Å². The number of benzene rings is 1. The van der Waals surface area contributed by atoms with E-state index in [1.165, 1.54) is 24.7 Å². The smallest absolute Gasteiger partial charge is 0.331 e. The summed E-state index contributed by atoms with van der Waals surface area (Å²) in [5.74, 6) is 1.74. The first kappa shape index (κ1) is 21.6. The molecule has 4 rings (SSSR count). The number of rotatable bonds is 5. The average molecular weight is 438 g/mol. The number of carbonyl (C=O) groups excluding carboxylic acids is 1. The molecule has 1 fully saturated rings. The van der Waals surface area contributed by atoms with Gasteiger partial charge in [0.1, 0.15) is 17.2 Å². The van der Waals surface area contributed by atoms with Crippen LogP contribution in [0.1, 0.15) is 46.5 Å². The molecule has 0 N–H and O–H groups in total. The van der Waals surface area contributed by atoms with E-state index in [9.17, 15) is 14.4 Å². The second-order valence-electron chi connectivity index (χ2n) is 8.05. The molecule has 1 atom stereocenters. The number of piperidine rings is 1. The topological polar surface area (TPSA) is 99.6 Å². The van der Waals surface area contributed by atoms with E-state index in [0.29, 0.717) is 25.4 Å². The van der Waals surface area contributed by atoms with Crippen LogP contribution in [0.5, 0.6) is 5.75 Å². The number of hydrogen-bond donors (Lipinski definition) is 0. The van der Waals surface area contributed by atoms with Crippen molar-refractivity contribution in [1.29, 1.82) is 0 Å². The molecule has 1 aliphatic heterocycles. The first-order chi connectivity index (χ1) is 15.4. The number of ether oxygens (including phenoxy) is 1. The molecular weight excluding hydrogens is 412 g/mol. The number of aromatic nitrogens is 3. The molecule has 32 heavy (non-hydrogen) atoms. The molecule has 2 aromatic heterocycles. The van der Waals surface area contributed by atoms with E-state index in [4.69, 9.17) is 9.15 Å². The molecule has 0 spiro atoms. The van der Waals surface area contributed by atoms with Crippen molar-refractivity contribution in [1.82, 2.24) is 19.0 Å². The molecule has 1 aromatic carbocycles. The van der Waals surface area contributed by atoms with E-state index >= 15 is 0 Å². The van der Waals surface area contributed by atoms with Gasteiger partial charge in [0.15, 0.2) is 5.89 Å². The number of likely N-dealkylation sites (tertiary alicyclic amines) is 1. The summed E-state index contributed by atoms with van der Waals surface area (Å²) in [5, 5.41) is 0. The summed E-state index contributed by atoms with van der Waals surface area (Å²) in [6.45, 7) is 0.970.